The van der Waals surface area contributed by atoms with E-state index in [1.807, 2.05) is 6.92 Å². The summed E-state index contributed by atoms with van der Waals surface area (Å²) in [5.74, 6) is -7.25. The Morgan fingerprint density at radius 1 is 1.03 bits per heavy atom. The molecule has 0 fully saturated rings. The molecule has 3 rings (SSSR count). The first kappa shape index (κ1) is 21.6. The first-order valence-electron chi connectivity index (χ1n) is 9.26. The number of carbonyl (C=O) groups excluding carboxylic acids is 4. The Kier molecular flexibility index (Phi) is 6.05. The highest BCUT2D eigenvalue weighted by Gasteiger charge is 2.40. The van der Waals surface area contributed by atoms with E-state index in [1.54, 1.807) is 49.4 Å². The predicted octanol–water partition coefficient (Wildman–Crippen LogP) is 1.57. The lowest BCUT2D eigenvalue weighted by Crippen LogP contribution is -2.39. The Morgan fingerprint density at radius 2 is 1.74 bits per heavy atom. The molecule has 158 valence electrons. The number of ketones is 2. The van der Waals surface area contributed by atoms with Crippen molar-refractivity contribution in [2.45, 2.75) is 19.8 Å². The Labute approximate surface area is 176 Å². The molecule has 0 aliphatic carbocycles. The number of aromatic amines is 1. The maximum atomic E-state index is 12.9. The molecule has 0 unspecified atom stereocenters. The summed E-state index contributed by atoms with van der Waals surface area (Å²) in [6, 6.07) is 11.6. The summed E-state index contributed by atoms with van der Waals surface area (Å²) < 4.78 is 4.41. The number of nitrogens with one attached hydrogen (secondary N) is 2. The Morgan fingerprint density at radius 3 is 2.42 bits per heavy atom. The number of aryl methyl sites for hydroxylation is 2. The van der Waals surface area contributed by atoms with Crippen molar-refractivity contribution < 1.29 is 23.9 Å². The van der Waals surface area contributed by atoms with Crippen LogP contribution in [0.4, 0.5) is 5.69 Å². The molecule has 9 heteroatoms. The number of esters is 1. The first-order valence-corrected chi connectivity index (χ1v) is 9.26. The van der Waals surface area contributed by atoms with Gasteiger partial charge in [-0.1, -0.05) is 29.8 Å². The van der Waals surface area contributed by atoms with Gasteiger partial charge in [-0.2, -0.15) is 0 Å². The molecule has 1 aromatic heterocycles. The van der Waals surface area contributed by atoms with Crippen molar-refractivity contribution in [2.75, 3.05) is 12.4 Å². The topological polar surface area (TPSA) is 135 Å². The van der Waals surface area contributed by atoms with Crippen molar-refractivity contribution in [1.29, 1.82) is 0 Å². The monoisotopic (exact) mass is 421 g/mol. The number of hydrogen-bond donors (Lipinski definition) is 2. The lowest BCUT2D eigenvalue weighted by atomic mass is 9.94. The highest BCUT2D eigenvalue weighted by molar-refractivity contribution is 6.52. The Bertz CT molecular complexity index is 1280. The van der Waals surface area contributed by atoms with E-state index in [2.05, 4.69) is 20.0 Å². The molecule has 0 saturated carbocycles. The highest BCUT2D eigenvalue weighted by Crippen LogP contribution is 2.20. The molecule has 31 heavy (non-hydrogen) atoms. The maximum absolute atomic E-state index is 12.9. The number of aromatic nitrogens is 2. The second kappa shape index (κ2) is 8.70. The largest absolute Gasteiger partial charge is 0.463 e. The normalized spacial score (nSPS) is 11.6. The van der Waals surface area contributed by atoms with E-state index in [0.29, 0.717) is 16.8 Å². The number of benzene rings is 2. The van der Waals surface area contributed by atoms with E-state index in [9.17, 15) is 24.0 Å². The number of methoxy groups -OCH3 is 1. The number of H-pyrrole nitrogens is 1. The molecule has 0 aliphatic heterocycles. The molecule has 2 aromatic carbocycles. The molecule has 0 radical (unpaired) electrons. The molecule has 1 amide bonds. The number of hydrogen-bond acceptors (Lipinski definition) is 7. The van der Waals surface area contributed by atoms with Crippen molar-refractivity contribution in [3.05, 3.63) is 69.6 Å². The molecule has 0 spiro atoms. The van der Waals surface area contributed by atoms with Crippen LogP contribution in [0.25, 0.3) is 11.0 Å². The van der Waals surface area contributed by atoms with Crippen molar-refractivity contribution in [2.24, 2.45) is 0 Å². The van der Waals surface area contributed by atoms with E-state index in [0.717, 1.165) is 12.7 Å². The van der Waals surface area contributed by atoms with E-state index >= 15 is 0 Å². The number of fused-ring (bicyclic) bond motifs is 1. The number of amides is 1. The quantitative estimate of drug-likeness (QED) is 0.350. The molecular weight excluding hydrogens is 402 g/mol. The second-order valence-corrected chi connectivity index (χ2v) is 6.89. The van der Waals surface area contributed by atoms with Crippen LogP contribution in [0.5, 0.6) is 0 Å². The molecular formula is C22H19N3O6. The van der Waals surface area contributed by atoms with Gasteiger partial charge in [0.1, 0.15) is 11.6 Å². The second-order valence-electron chi connectivity index (χ2n) is 6.89. The zero-order valence-corrected chi connectivity index (χ0v) is 17.0. The SMILES string of the molecule is COC(=O)C(=O)[C@H](C(=O)C(=O)Nc1ccc(C)cc1C)c1nc2ccccc2[nH]c1=O. The van der Waals surface area contributed by atoms with Gasteiger partial charge >= 0.3 is 5.97 Å². The molecule has 2 N–H and O–H groups in total. The highest BCUT2D eigenvalue weighted by atomic mass is 16.5. The summed E-state index contributed by atoms with van der Waals surface area (Å²) in [6.45, 7) is 3.60. The summed E-state index contributed by atoms with van der Waals surface area (Å²) in [6.07, 6.45) is 0. The van der Waals surface area contributed by atoms with Crippen LogP contribution in [0, 0.1) is 13.8 Å². The van der Waals surface area contributed by atoms with Crippen molar-refractivity contribution in [1.82, 2.24) is 9.97 Å². The van der Waals surface area contributed by atoms with E-state index < -0.39 is 40.6 Å². The lowest BCUT2D eigenvalue weighted by Gasteiger charge is -2.14. The number of nitrogens with zero attached hydrogens (tertiary/aromatic N) is 1. The van der Waals surface area contributed by atoms with Crippen LogP contribution < -0.4 is 10.9 Å². The van der Waals surface area contributed by atoms with Crippen molar-refractivity contribution in [3.8, 4) is 0 Å². The van der Waals surface area contributed by atoms with Crippen molar-refractivity contribution >= 4 is 40.2 Å². The van der Waals surface area contributed by atoms with E-state index in [1.165, 1.54) is 0 Å². The average Bonchev–Trinajstić information content (AvgIpc) is 2.75. The van der Waals surface area contributed by atoms with Gasteiger partial charge in [-0.25, -0.2) is 9.78 Å². The van der Waals surface area contributed by atoms with Crippen LogP contribution in [0.3, 0.4) is 0 Å². The van der Waals surface area contributed by atoms with Gasteiger partial charge in [0.25, 0.3) is 17.2 Å². The van der Waals surface area contributed by atoms with Gasteiger partial charge in [0.2, 0.25) is 5.78 Å². The summed E-state index contributed by atoms with van der Waals surface area (Å²) in [5, 5.41) is 2.42. The zero-order chi connectivity index (χ0) is 22.7. The predicted molar refractivity (Wildman–Crippen MR) is 112 cm³/mol. The van der Waals surface area contributed by atoms with E-state index in [-0.39, 0.29) is 5.52 Å². The number of rotatable bonds is 6. The standard InChI is InChI=1S/C22H19N3O6/c1-11-8-9-13(12(2)10-11)24-21(29)18(26)16(19(27)22(30)31-3)17-20(28)25-15-7-5-4-6-14(15)23-17/h4-10,16H,1-3H3,(H,24,29)(H,25,28)/t16-/m0/s1. The Balaban J connectivity index is 2.05. The van der Waals surface area contributed by atoms with Gasteiger partial charge in [0.15, 0.2) is 0 Å². The molecule has 0 saturated heterocycles. The fourth-order valence-corrected chi connectivity index (χ4v) is 3.09. The fraction of sp³-hybridized carbons (Fsp3) is 0.182. The summed E-state index contributed by atoms with van der Waals surface area (Å²) >= 11 is 0. The van der Waals surface area contributed by atoms with Crippen LogP contribution in [-0.2, 0) is 23.9 Å². The van der Waals surface area contributed by atoms with Gasteiger partial charge in [0.05, 0.1) is 18.1 Å². The van der Waals surface area contributed by atoms with Crippen LogP contribution in [0.2, 0.25) is 0 Å². The molecule has 9 nitrogen and oxygen atoms in total. The smallest absolute Gasteiger partial charge is 0.375 e. The molecule has 1 atom stereocenters. The van der Waals surface area contributed by atoms with Gasteiger partial charge in [0, 0.05) is 5.69 Å². The van der Waals surface area contributed by atoms with Crippen LogP contribution in [0.15, 0.2) is 47.3 Å². The van der Waals surface area contributed by atoms with Crippen molar-refractivity contribution in [3.63, 3.8) is 0 Å². The summed E-state index contributed by atoms with van der Waals surface area (Å²) in [7, 11) is 0.954. The summed E-state index contributed by atoms with van der Waals surface area (Å²) in [4.78, 5) is 69.2. The summed E-state index contributed by atoms with van der Waals surface area (Å²) in [5.41, 5.74) is 1.22. The molecule has 0 aliphatic rings. The van der Waals surface area contributed by atoms with E-state index in [4.69, 9.17) is 0 Å². The van der Waals surface area contributed by atoms with Gasteiger partial charge in [-0.15, -0.1) is 0 Å². The number of anilines is 1. The van der Waals surface area contributed by atoms with Crippen LogP contribution >= 0.6 is 0 Å². The van der Waals surface area contributed by atoms with Gasteiger partial charge in [-0.3, -0.25) is 19.2 Å². The number of carbonyl (C=O) groups is 4. The minimum Gasteiger partial charge on any atom is -0.463 e. The zero-order valence-electron chi connectivity index (χ0n) is 17.0. The Hall–Kier alpha value is -4.14. The van der Waals surface area contributed by atoms with Gasteiger partial charge < -0.3 is 15.0 Å². The first-order chi connectivity index (χ1) is 14.7. The number of para-hydroxylation sites is 2. The minimum atomic E-state index is -2.05. The van der Waals surface area contributed by atoms with Gasteiger partial charge in [-0.05, 0) is 37.6 Å². The maximum Gasteiger partial charge on any atom is 0.375 e. The average molecular weight is 421 g/mol. The lowest BCUT2D eigenvalue weighted by molar-refractivity contribution is -0.154. The number of Topliss-reactive ketones (excluding diaryl/α,β-unsaturated/α-hetero) is 2. The third kappa shape index (κ3) is 4.40. The molecule has 3 aromatic rings. The van der Waals surface area contributed by atoms with Crippen LogP contribution in [0.1, 0.15) is 22.7 Å². The fourth-order valence-electron chi connectivity index (χ4n) is 3.09. The minimum absolute atomic E-state index is 0.280. The third-order valence-corrected chi connectivity index (χ3v) is 4.66. The third-order valence-electron chi connectivity index (χ3n) is 4.66. The molecule has 0 bridgehead atoms. The van der Waals surface area contributed by atoms with Crippen LogP contribution in [-0.4, -0.2) is 40.5 Å². The molecule has 1 heterocycles. The number of ether oxygens (including phenoxy) is 1.